The first kappa shape index (κ1) is 9.36. The normalized spacial score (nSPS) is 8.90. The molecule has 0 spiro atoms. The van der Waals surface area contributed by atoms with Gasteiger partial charge in [-0.05, 0) is 0 Å². The Morgan fingerprint density at radius 3 is 2.30 bits per heavy atom. The van der Waals surface area contributed by atoms with Crippen molar-refractivity contribution in [3.05, 3.63) is 0 Å². The Kier molecular flexibility index (Phi) is 4.84. The highest BCUT2D eigenvalue weighted by Gasteiger charge is 2.09. The number of Topliss-reactive ketones (excluding diaryl/α,β-unsaturated/α-hetero) is 2. The average Bonchev–Trinajstić information content (AvgIpc) is 1.98. The molecule has 0 aromatic heterocycles. The van der Waals surface area contributed by atoms with Crippen LogP contribution in [-0.2, 0) is 14.4 Å². The highest BCUT2D eigenvalue weighted by Crippen LogP contribution is 1.90. The summed E-state index contributed by atoms with van der Waals surface area (Å²) in [6.45, 7) is 0. The van der Waals surface area contributed by atoms with Crippen molar-refractivity contribution in [2.24, 2.45) is 0 Å². The van der Waals surface area contributed by atoms with Gasteiger partial charge in [0.2, 0.25) is 5.78 Å². The first-order chi connectivity index (χ1) is 4.72. The van der Waals surface area contributed by atoms with Gasteiger partial charge < -0.3 is 4.79 Å². The zero-order valence-corrected chi connectivity index (χ0v) is 6.27. The summed E-state index contributed by atoms with van der Waals surface area (Å²) in [5, 5.41) is 0. The summed E-state index contributed by atoms with van der Waals surface area (Å²) in [6.07, 6.45) is 0.755. The molecule has 0 fully saturated rings. The largest absolute Gasteiger partial charge is 0.303 e. The third-order valence-corrected chi connectivity index (χ3v) is 1.23. The van der Waals surface area contributed by atoms with Gasteiger partial charge in [0.25, 0.3) is 0 Å². The molecule has 0 saturated carbocycles. The minimum atomic E-state index is -0.523. The number of thiol groups is 1. The van der Waals surface area contributed by atoms with E-state index in [1.165, 1.54) is 0 Å². The van der Waals surface area contributed by atoms with Crippen LogP contribution in [0.4, 0.5) is 0 Å². The monoisotopic (exact) mass is 160 g/mol. The molecule has 0 aromatic carbocycles. The Balaban J connectivity index is 3.62. The molecule has 0 aliphatic heterocycles. The van der Waals surface area contributed by atoms with E-state index in [-0.39, 0.29) is 18.6 Å². The van der Waals surface area contributed by atoms with Crippen molar-refractivity contribution in [2.45, 2.75) is 12.8 Å². The Morgan fingerprint density at radius 1 is 1.30 bits per heavy atom. The molecule has 10 heavy (non-hydrogen) atoms. The van der Waals surface area contributed by atoms with E-state index in [4.69, 9.17) is 0 Å². The highest BCUT2D eigenvalue weighted by molar-refractivity contribution is 7.81. The second kappa shape index (κ2) is 5.17. The van der Waals surface area contributed by atoms with Crippen molar-refractivity contribution in [1.29, 1.82) is 0 Å². The summed E-state index contributed by atoms with van der Waals surface area (Å²) in [5.74, 6) is -1.11. The van der Waals surface area contributed by atoms with Crippen molar-refractivity contribution in [3.8, 4) is 0 Å². The van der Waals surface area contributed by atoms with Gasteiger partial charge in [0.15, 0.2) is 5.78 Å². The number of ketones is 2. The van der Waals surface area contributed by atoms with Gasteiger partial charge in [-0.1, -0.05) is 0 Å². The topological polar surface area (TPSA) is 51.2 Å². The zero-order valence-electron chi connectivity index (χ0n) is 5.37. The fraction of sp³-hybridized carbons (Fsp3) is 0.500. The maximum atomic E-state index is 10.6. The van der Waals surface area contributed by atoms with E-state index in [0.717, 1.165) is 0 Å². The van der Waals surface area contributed by atoms with Crippen LogP contribution in [-0.4, -0.2) is 23.6 Å². The van der Waals surface area contributed by atoms with Gasteiger partial charge in [-0.25, -0.2) is 0 Å². The summed E-state index contributed by atoms with van der Waals surface area (Å²) >= 11 is 3.62. The van der Waals surface area contributed by atoms with Gasteiger partial charge in [0.05, 0.1) is 5.75 Å². The van der Waals surface area contributed by atoms with Crippen LogP contribution in [0.1, 0.15) is 12.8 Å². The molecule has 0 unspecified atom stereocenters. The lowest BCUT2D eigenvalue weighted by molar-refractivity contribution is -0.135. The second-order valence-corrected chi connectivity index (χ2v) is 2.03. The van der Waals surface area contributed by atoms with Crippen molar-refractivity contribution in [3.63, 3.8) is 0 Å². The molecule has 0 radical (unpaired) electrons. The van der Waals surface area contributed by atoms with Gasteiger partial charge in [-0.2, -0.15) is 12.6 Å². The van der Waals surface area contributed by atoms with E-state index in [1.54, 1.807) is 0 Å². The molecule has 0 N–H and O–H groups in total. The van der Waals surface area contributed by atoms with Crippen LogP contribution in [0.25, 0.3) is 0 Å². The Hall–Kier alpha value is -0.640. The molecule has 4 heteroatoms. The lowest BCUT2D eigenvalue weighted by Gasteiger charge is -1.90. The van der Waals surface area contributed by atoms with Gasteiger partial charge >= 0.3 is 0 Å². The first-order valence-corrected chi connectivity index (χ1v) is 3.46. The van der Waals surface area contributed by atoms with Gasteiger partial charge in [0.1, 0.15) is 6.29 Å². The van der Waals surface area contributed by atoms with Crippen LogP contribution < -0.4 is 0 Å². The first-order valence-electron chi connectivity index (χ1n) is 2.83. The van der Waals surface area contributed by atoms with Gasteiger partial charge in [-0.15, -0.1) is 0 Å². The van der Waals surface area contributed by atoms with Crippen LogP contribution in [0, 0.1) is 0 Å². The van der Waals surface area contributed by atoms with Crippen molar-refractivity contribution in [1.82, 2.24) is 0 Å². The van der Waals surface area contributed by atoms with E-state index >= 15 is 0 Å². The Bertz CT molecular complexity index is 153. The number of rotatable bonds is 5. The molecular weight excluding hydrogens is 152 g/mol. The van der Waals surface area contributed by atoms with E-state index in [0.29, 0.717) is 6.29 Å². The second-order valence-electron chi connectivity index (χ2n) is 1.71. The Labute approximate surface area is 64.2 Å². The third-order valence-electron chi connectivity index (χ3n) is 0.944. The van der Waals surface area contributed by atoms with Crippen LogP contribution in [0.2, 0.25) is 0 Å². The van der Waals surface area contributed by atoms with Crippen LogP contribution in [0.3, 0.4) is 0 Å². The molecule has 0 atom stereocenters. The van der Waals surface area contributed by atoms with Crippen LogP contribution in [0.15, 0.2) is 0 Å². The standard InChI is InChI=1S/C6H8O3S/c7-3-1-2-5(8)6(9)4-10/h3,10H,1-2,4H2. The average molecular weight is 160 g/mol. The van der Waals surface area contributed by atoms with Crippen LogP contribution in [0.5, 0.6) is 0 Å². The molecule has 0 bridgehead atoms. The summed E-state index contributed by atoms with van der Waals surface area (Å²) in [4.78, 5) is 30.8. The molecule has 0 aromatic rings. The SMILES string of the molecule is O=CCCC(=O)C(=O)CS. The summed E-state index contributed by atoms with van der Waals surface area (Å²) in [5.41, 5.74) is 0. The maximum Gasteiger partial charge on any atom is 0.207 e. The molecule has 0 rings (SSSR count). The van der Waals surface area contributed by atoms with Gasteiger partial charge in [0, 0.05) is 12.8 Å². The predicted octanol–water partition coefficient (Wildman–Crippen LogP) is 0.0335. The van der Waals surface area contributed by atoms with Crippen molar-refractivity contribution in [2.75, 3.05) is 5.75 Å². The molecule has 0 heterocycles. The number of hydrogen-bond acceptors (Lipinski definition) is 4. The Morgan fingerprint density at radius 2 is 1.90 bits per heavy atom. The lowest BCUT2D eigenvalue weighted by atomic mass is 10.2. The zero-order chi connectivity index (χ0) is 7.98. The number of carbonyl (C=O) groups is 3. The van der Waals surface area contributed by atoms with Crippen molar-refractivity contribution < 1.29 is 14.4 Å². The predicted molar refractivity (Wildman–Crippen MR) is 39.2 cm³/mol. The van der Waals surface area contributed by atoms with Gasteiger partial charge in [-0.3, -0.25) is 9.59 Å². The molecule has 0 saturated heterocycles. The number of carbonyl (C=O) groups excluding carboxylic acids is 3. The fourth-order valence-corrected chi connectivity index (χ4v) is 0.594. The molecule has 56 valence electrons. The highest BCUT2D eigenvalue weighted by atomic mass is 32.1. The lowest BCUT2D eigenvalue weighted by Crippen LogP contribution is -2.14. The summed E-state index contributed by atoms with van der Waals surface area (Å²) < 4.78 is 0. The quantitative estimate of drug-likeness (QED) is 0.351. The van der Waals surface area contributed by atoms with E-state index in [9.17, 15) is 14.4 Å². The minimum absolute atomic E-state index is 0.0168. The van der Waals surface area contributed by atoms with E-state index in [1.807, 2.05) is 0 Å². The minimum Gasteiger partial charge on any atom is -0.303 e. The smallest absolute Gasteiger partial charge is 0.207 e. The molecule has 0 aliphatic carbocycles. The molecule has 0 aliphatic rings. The van der Waals surface area contributed by atoms with E-state index < -0.39 is 11.6 Å². The molecule has 3 nitrogen and oxygen atoms in total. The third kappa shape index (κ3) is 3.40. The van der Waals surface area contributed by atoms with Crippen molar-refractivity contribution >= 4 is 30.5 Å². The van der Waals surface area contributed by atoms with Crippen LogP contribution >= 0.6 is 12.6 Å². The summed E-state index contributed by atoms with van der Waals surface area (Å²) in [7, 11) is 0. The molecular formula is C6H8O3S. The summed E-state index contributed by atoms with van der Waals surface area (Å²) in [6, 6.07) is 0. The number of hydrogen-bond donors (Lipinski definition) is 1. The maximum absolute atomic E-state index is 10.6. The number of aldehydes is 1. The fourth-order valence-electron chi connectivity index (χ4n) is 0.418. The molecule has 0 amide bonds. The van der Waals surface area contributed by atoms with E-state index in [2.05, 4.69) is 12.6 Å².